The van der Waals surface area contributed by atoms with Gasteiger partial charge in [0, 0.05) is 32.4 Å². The number of carbonyl (C=O) groups is 2. The van der Waals surface area contributed by atoms with Gasteiger partial charge in [0.1, 0.15) is 24.6 Å². The summed E-state index contributed by atoms with van der Waals surface area (Å²) in [5, 5.41) is 1.81. The first-order valence-corrected chi connectivity index (χ1v) is 16.5. The van der Waals surface area contributed by atoms with E-state index in [0.29, 0.717) is 57.2 Å². The molecule has 11 nitrogen and oxygen atoms in total. The summed E-state index contributed by atoms with van der Waals surface area (Å²) in [6.07, 6.45) is 10.9. The summed E-state index contributed by atoms with van der Waals surface area (Å²) < 4.78 is 23.4. The van der Waals surface area contributed by atoms with Crippen molar-refractivity contribution in [3.8, 4) is 0 Å². The Hall–Kier alpha value is -3.28. The first-order chi connectivity index (χ1) is 21.8. The van der Waals surface area contributed by atoms with Gasteiger partial charge in [0.25, 0.3) is 0 Å². The summed E-state index contributed by atoms with van der Waals surface area (Å²) in [6, 6.07) is 1.98. The van der Waals surface area contributed by atoms with Gasteiger partial charge in [0.2, 0.25) is 11.7 Å². The lowest BCUT2D eigenvalue weighted by Crippen LogP contribution is -2.50. The average molecular weight is 644 g/mol. The van der Waals surface area contributed by atoms with Crippen molar-refractivity contribution >= 4 is 35.6 Å². The van der Waals surface area contributed by atoms with Crippen LogP contribution in [-0.4, -0.2) is 103 Å². The molecule has 1 amide bonds. The van der Waals surface area contributed by atoms with Gasteiger partial charge < -0.3 is 28.7 Å². The molecule has 0 aromatic carbocycles. The quantitative estimate of drug-likeness (QED) is 0.212. The number of esters is 1. The normalized spacial score (nSPS) is 14.8. The fourth-order valence-corrected chi connectivity index (χ4v) is 4.74. The molecule has 0 aliphatic carbocycles. The highest BCUT2D eigenvalue weighted by Crippen LogP contribution is 2.19. The fraction of sp³-hybridized carbons (Fsp3) is 0.657. The van der Waals surface area contributed by atoms with Gasteiger partial charge >= 0.3 is 5.97 Å². The predicted molar refractivity (Wildman–Crippen MR) is 183 cm³/mol. The molecule has 0 saturated carbocycles. The van der Waals surface area contributed by atoms with E-state index in [1.807, 2.05) is 56.5 Å². The van der Waals surface area contributed by atoms with Crippen molar-refractivity contribution in [3.63, 3.8) is 0 Å². The summed E-state index contributed by atoms with van der Waals surface area (Å²) in [5.41, 5.74) is 0.0634. The van der Waals surface area contributed by atoms with Gasteiger partial charge in [-0.15, -0.1) is 0 Å². The number of anilines is 1. The number of rotatable bonds is 15. The molecule has 0 unspecified atom stereocenters. The zero-order chi connectivity index (χ0) is 34.2. The molecule has 1 fully saturated rings. The maximum Gasteiger partial charge on any atom is 0.332 e. The van der Waals surface area contributed by atoms with Gasteiger partial charge in [0.15, 0.2) is 0 Å². The van der Waals surface area contributed by atoms with Crippen molar-refractivity contribution in [1.29, 1.82) is 0 Å². The molecule has 0 radical (unpaired) electrons. The maximum absolute atomic E-state index is 12.5. The first-order valence-electron chi connectivity index (χ1n) is 16.5. The molecular formula is C35H57N5O6. The lowest BCUT2D eigenvalue weighted by Gasteiger charge is -2.35. The Kier molecular flexibility index (Phi) is 16.4. The van der Waals surface area contributed by atoms with Gasteiger partial charge in [0.05, 0.1) is 37.1 Å². The number of ether oxygens (including phenoxy) is 4. The Morgan fingerprint density at radius 3 is 2.11 bits per heavy atom. The highest BCUT2D eigenvalue weighted by molar-refractivity contribution is 5.77. The predicted octanol–water partition coefficient (Wildman–Crippen LogP) is 3.76. The number of piperazine rings is 1. The van der Waals surface area contributed by atoms with Crippen LogP contribution >= 0.6 is 0 Å². The molecule has 1 aliphatic rings. The Morgan fingerprint density at radius 1 is 0.935 bits per heavy atom. The van der Waals surface area contributed by atoms with E-state index in [1.54, 1.807) is 11.0 Å². The number of carbonyl (C=O) groups excluding carboxylic acids is 2. The van der Waals surface area contributed by atoms with Crippen molar-refractivity contribution in [1.82, 2.24) is 19.3 Å². The summed E-state index contributed by atoms with van der Waals surface area (Å²) in [6.45, 7) is 24.2. The molecule has 3 heterocycles. The molecular weight excluding hydrogens is 586 g/mol. The number of fused-ring (bicyclic) bond motifs is 1. The van der Waals surface area contributed by atoms with E-state index in [9.17, 15) is 9.59 Å². The summed E-state index contributed by atoms with van der Waals surface area (Å²) in [5.74, 6) is 1.04. The second-order valence-corrected chi connectivity index (χ2v) is 13.0. The van der Waals surface area contributed by atoms with E-state index in [-0.39, 0.29) is 31.7 Å². The van der Waals surface area contributed by atoms with Gasteiger partial charge in [-0.25, -0.2) is 9.78 Å². The van der Waals surface area contributed by atoms with Crippen LogP contribution in [0.15, 0.2) is 24.9 Å². The highest BCUT2D eigenvalue weighted by Gasteiger charge is 2.23. The van der Waals surface area contributed by atoms with E-state index in [4.69, 9.17) is 23.9 Å². The fourth-order valence-electron chi connectivity index (χ4n) is 4.74. The Labute approximate surface area is 275 Å². The van der Waals surface area contributed by atoms with Crippen molar-refractivity contribution in [2.24, 2.45) is 5.41 Å². The van der Waals surface area contributed by atoms with E-state index in [1.165, 1.54) is 12.8 Å². The monoisotopic (exact) mass is 643 g/mol. The molecule has 46 heavy (non-hydrogen) atoms. The van der Waals surface area contributed by atoms with E-state index in [0.717, 1.165) is 22.9 Å². The van der Waals surface area contributed by atoms with Gasteiger partial charge in [-0.05, 0) is 51.2 Å². The molecule has 1 saturated heterocycles. The first kappa shape index (κ1) is 38.9. The molecule has 0 atom stereocenters. The minimum atomic E-state index is -0.487. The molecule has 2 aromatic heterocycles. The zero-order valence-corrected chi connectivity index (χ0v) is 29.5. The van der Waals surface area contributed by atoms with Crippen molar-refractivity contribution < 1.29 is 28.5 Å². The molecule has 3 rings (SSSR count). The minimum absolute atomic E-state index is 0.00999. The number of imidazole rings is 1. The number of aromatic nitrogens is 3. The Bertz CT molecular complexity index is 1360. The number of amides is 1. The van der Waals surface area contributed by atoms with E-state index >= 15 is 0 Å². The third kappa shape index (κ3) is 13.6. The van der Waals surface area contributed by atoms with Crippen LogP contribution in [-0.2, 0) is 28.5 Å². The van der Waals surface area contributed by atoms with Crippen LogP contribution in [0.25, 0.3) is 17.9 Å². The Balaban J connectivity index is 0.000000942. The van der Waals surface area contributed by atoms with Crippen LogP contribution in [0.5, 0.6) is 0 Å². The maximum atomic E-state index is 12.5. The topological polar surface area (TPSA) is 108 Å². The smallest absolute Gasteiger partial charge is 0.332 e. The van der Waals surface area contributed by atoms with Crippen LogP contribution in [0.4, 0.5) is 5.82 Å². The van der Waals surface area contributed by atoms with E-state index < -0.39 is 5.60 Å². The minimum Gasteiger partial charge on any atom is -0.458 e. The lowest BCUT2D eigenvalue weighted by molar-refractivity contribution is -0.162. The van der Waals surface area contributed by atoms with Crippen molar-refractivity contribution in [3.05, 3.63) is 35.6 Å². The summed E-state index contributed by atoms with van der Waals surface area (Å²) in [7, 11) is 0. The van der Waals surface area contributed by atoms with Gasteiger partial charge in [-0.2, -0.15) is 4.98 Å². The third-order valence-electron chi connectivity index (χ3n) is 7.48. The summed E-state index contributed by atoms with van der Waals surface area (Å²) in [4.78, 5) is 37.6. The lowest BCUT2D eigenvalue weighted by atomic mass is 9.91. The molecule has 258 valence electrons. The average Bonchev–Trinajstić information content (AvgIpc) is 3.36. The Morgan fingerprint density at radius 2 is 1.57 bits per heavy atom. The standard InChI is InChI=1S/C28H41N5O6.C7H16/c1-6-9-22-23(7-2)33-11-10-24(30-27(33)29-22)31-12-14-32(15-13-31)25(34)20-37-18-16-36-17-19-38-21-26(35)39-28(4,5)8-3;1-5-6-7(2,3)4/h6-7,9-11H,1,8,12-21H2,2-5H3;5-6H2,1-4H3/b22-9+,23-7+;. The second kappa shape index (κ2) is 19.4. The van der Waals surface area contributed by atoms with Crippen LogP contribution in [0.1, 0.15) is 74.7 Å². The molecule has 0 spiro atoms. The van der Waals surface area contributed by atoms with Gasteiger partial charge in [-0.1, -0.05) is 59.8 Å². The highest BCUT2D eigenvalue weighted by atomic mass is 16.6. The number of allylic oxidation sites excluding steroid dienone is 1. The van der Waals surface area contributed by atoms with Crippen LogP contribution < -0.4 is 15.6 Å². The number of hydrogen-bond acceptors (Lipinski definition) is 9. The van der Waals surface area contributed by atoms with Crippen LogP contribution in [0.2, 0.25) is 0 Å². The molecule has 0 N–H and O–H groups in total. The SMILES string of the molecule is C=C/C=c1/nc2nc(N3CCN(C(=O)COCCOCCOCC(=O)OC(C)(C)CC)CC3)ccn2/c1=C/C.CCCC(C)(C)C. The largest absolute Gasteiger partial charge is 0.458 e. The van der Waals surface area contributed by atoms with Gasteiger partial charge in [-0.3, -0.25) is 9.20 Å². The van der Waals surface area contributed by atoms with Crippen LogP contribution in [0.3, 0.4) is 0 Å². The third-order valence-corrected chi connectivity index (χ3v) is 7.48. The molecule has 1 aliphatic heterocycles. The summed E-state index contributed by atoms with van der Waals surface area (Å²) >= 11 is 0. The number of nitrogens with zero attached hydrogens (tertiary/aromatic N) is 5. The van der Waals surface area contributed by atoms with Crippen molar-refractivity contribution in [2.75, 3.05) is 70.7 Å². The van der Waals surface area contributed by atoms with Crippen LogP contribution in [0, 0.1) is 5.41 Å². The van der Waals surface area contributed by atoms with E-state index in [2.05, 4.69) is 44.2 Å². The van der Waals surface area contributed by atoms with Crippen molar-refractivity contribution in [2.45, 2.75) is 80.3 Å². The zero-order valence-electron chi connectivity index (χ0n) is 29.5. The second-order valence-electron chi connectivity index (χ2n) is 13.0. The number of hydrogen-bond donors (Lipinski definition) is 0. The molecule has 2 aromatic rings. The molecule has 0 bridgehead atoms. The molecule has 11 heteroatoms.